The maximum Gasteiger partial charge on any atom is 0.159 e. The van der Waals surface area contributed by atoms with Crippen LogP contribution in [0.3, 0.4) is 0 Å². The van der Waals surface area contributed by atoms with Crippen molar-refractivity contribution in [2.75, 3.05) is 5.75 Å². The zero-order valence-electron chi connectivity index (χ0n) is 8.32. The highest BCUT2D eigenvalue weighted by molar-refractivity contribution is 7.99. The number of rotatable bonds is 4. The molecule has 0 spiro atoms. The van der Waals surface area contributed by atoms with Gasteiger partial charge in [-0.3, -0.25) is 4.79 Å². The van der Waals surface area contributed by atoms with Gasteiger partial charge in [-0.1, -0.05) is 12.1 Å². The van der Waals surface area contributed by atoms with Crippen LogP contribution in [0.4, 0.5) is 0 Å². The van der Waals surface area contributed by atoms with E-state index in [0.717, 1.165) is 11.5 Å². The van der Waals surface area contributed by atoms with Crippen molar-refractivity contribution in [3.8, 4) is 0 Å². The van der Waals surface area contributed by atoms with Gasteiger partial charge in [0.1, 0.15) is 0 Å². The minimum absolute atomic E-state index is 0.142. The quantitative estimate of drug-likeness (QED) is 0.555. The smallest absolute Gasteiger partial charge is 0.159 e. The van der Waals surface area contributed by atoms with E-state index in [1.165, 1.54) is 23.5 Å². The Morgan fingerprint density at radius 2 is 2.00 bits per heavy atom. The molecule has 0 amide bonds. The number of ketones is 1. The summed E-state index contributed by atoms with van der Waals surface area (Å²) >= 11 is 1.90. The highest BCUT2D eigenvalue weighted by Crippen LogP contribution is 2.34. The van der Waals surface area contributed by atoms with Crippen molar-refractivity contribution < 1.29 is 4.79 Å². The molecule has 74 valence electrons. The molecule has 0 unspecified atom stereocenters. The van der Waals surface area contributed by atoms with Crippen LogP contribution in [0, 0.1) is 5.92 Å². The van der Waals surface area contributed by atoms with Crippen molar-refractivity contribution in [3.63, 3.8) is 0 Å². The fraction of sp³-hybridized carbons (Fsp3) is 0.417. The standard InChI is InChI=1S/C12H14OS/c1-9(13)11-4-6-12(7-5-11)14-8-10-2-3-10/h4-7,10H,2-3,8H2,1H3. The van der Waals surface area contributed by atoms with Gasteiger partial charge in [0.15, 0.2) is 5.78 Å². The van der Waals surface area contributed by atoms with E-state index in [1.54, 1.807) is 6.92 Å². The second-order valence-corrected chi connectivity index (χ2v) is 4.93. The molecule has 1 saturated carbocycles. The average Bonchev–Trinajstić information content (AvgIpc) is 2.99. The van der Waals surface area contributed by atoms with Crippen LogP contribution in [-0.2, 0) is 0 Å². The lowest BCUT2D eigenvalue weighted by Crippen LogP contribution is -1.90. The highest BCUT2D eigenvalue weighted by Gasteiger charge is 2.20. The maximum absolute atomic E-state index is 11.0. The summed E-state index contributed by atoms with van der Waals surface area (Å²) in [5.74, 6) is 2.33. The summed E-state index contributed by atoms with van der Waals surface area (Å²) in [6.07, 6.45) is 2.80. The van der Waals surface area contributed by atoms with Gasteiger partial charge in [-0.2, -0.15) is 0 Å². The second kappa shape index (κ2) is 4.18. The Balaban J connectivity index is 1.94. The van der Waals surface area contributed by atoms with E-state index >= 15 is 0 Å². The Hall–Kier alpha value is -0.760. The van der Waals surface area contributed by atoms with E-state index in [-0.39, 0.29) is 5.78 Å². The topological polar surface area (TPSA) is 17.1 Å². The zero-order chi connectivity index (χ0) is 9.97. The molecular formula is C12H14OS. The molecule has 2 heteroatoms. The number of hydrogen-bond donors (Lipinski definition) is 0. The lowest BCUT2D eigenvalue weighted by Gasteiger charge is -2.00. The van der Waals surface area contributed by atoms with Crippen LogP contribution < -0.4 is 0 Å². The molecule has 0 bridgehead atoms. The van der Waals surface area contributed by atoms with Gasteiger partial charge in [-0.05, 0) is 37.8 Å². The molecule has 14 heavy (non-hydrogen) atoms. The SMILES string of the molecule is CC(=O)c1ccc(SCC2CC2)cc1. The summed E-state index contributed by atoms with van der Waals surface area (Å²) in [4.78, 5) is 12.3. The Bertz CT molecular complexity index is 325. The molecule has 0 saturated heterocycles. The summed E-state index contributed by atoms with van der Waals surface area (Å²) in [5.41, 5.74) is 0.806. The van der Waals surface area contributed by atoms with E-state index in [1.807, 2.05) is 36.0 Å². The second-order valence-electron chi connectivity index (χ2n) is 3.83. The zero-order valence-corrected chi connectivity index (χ0v) is 9.14. The van der Waals surface area contributed by atoms with Crippen LogP contribution in [-0.4, -0.2) is 11.5 Å². The minimum atomic E-state index is 0.142. The van der Waals surface area contributed by atoms with Gasteiger partial charge in [0.25, 0.3) is 0 Å². The molecule has 0 aliphatic heterocycles. The molecule has 1 aromatic rings. The van der Waals surface area contributed by atoms with E-state index in [4.69, 9.17) is 0 Å². The molecule has 2 rings (SSSR count). The molecular weight excluding hydrogens is 192 g/mol. The molecule has 1 fully saturated rings. The van der Waals surface area contributed by atoms with Gasteiger partial charge in [0.05, 0.1) is 0 Å². The van der Waals surface area contributed by atoms with Crippen molar-refractivity contribution in [2.45, 2.75) is 24.7 Å². The third kappa shape index (κ3) is 2.61. The first-order valence-electron chi connectivity index (χ1n) is 4.99. The van der Waals surface area contributed by atoms with Crippen LogP contribution >= 0.6 is 11.8 Å². The predicted octanol–water partition coefficient (Wildman–Crippen LogP) is 3.39. The maximum atomic E-state index is 11.0. The number of thioether (sulfide) groups is 1. The van der Waals surface area contributed by atoms with Crippen LogP contribution in [0.25, 0.3) is 0 Å². The predicted molar refractivity (Wildman–Crippen MR) is 59.9 cm³/mol. The summed E-state index contributed by atoms with van der Waals surface area (Å²) in [5, 5.41) is 0. The van der Waals surface area contributed by atoms with Crippen LogP contribution in [0.15, 0.2) is 29.2 Å². The first-order chi connectivity index (χ1) is 6.75. The number of carbonyl (C=O) groups is 1. The molecule has 1 aliphatic carbocycles. The normalized spacial score (nSPS) is 15.5. The number of hydrogen-bond acceptors (Lipinski definition) is 2. The van der Waals surface area contributed by atoms with Crippen molar-refractivity contribution in [1.29, 1.82) is 0 Å². The molecule has 0 N–H and O–H groups in total. The molecule has 0 atom stereocenters. The van der Waals surface area contributed by atoms with Crippen molar-refractivity contribution in [1.82, 2.24) is 0 Å². The summed E-state index contributed by atoms with van der Waals surface area (Å²) in [6, 6.07) is 7.92. The summed E-state index contributed by atoms with van der Waals surface area (Å²) in [6.45, 7) is 1.60. The Labute approximate surface area is 88.9 Å². The fourth-order valence-corrected chi connectivity index (χ4v) is 2.37. The Kier molecular flexibility index (Phi) is 2.92. The average molecular weight is 206 g/mol. The van der Waals surface area contributed by atoms with Crippen molar-refractivity contribution in [2.24, 2.45) is 5.92 Å². The van der Waals surface area contributed by atoms with E-state index in [0.29, 0.717) is 0 Å². The van der Waals surface area contributed by atoms with Crippen LogP contribution in [0.5, 0.6) is 0 Å². The van der Waals surface area contributed by atoms with Gasteiger partial charge in [0, 0.05) is 16.2 Å². The summed E-state index contributed by atoms with van der Waals surface area (Å²) < 4.78 is 0. The lowest BCUT2D eigenvalue weighted by molar-refractivity contribution is 0.101. The number of carbonyl (C=O) groups excluding carboxylic acids is 1. The first kappa shape index (κ1) is 9.78. The highest BCUT2D eigenvalue weighted by atomic mass is 32.2. The Morgan fingerprint density at radius 3 is 2.50 bits per heavy atom. The number of Topliss-reactive ketones (excluding diaryl/α,β-unsaturated/α-hetero) is 1. The summed E-state index contributed by atoms with van der Waals surface area (Å²) in [7, 11) is 0. The molecule has 0 aromatic heterocycles. The van der Waals surface area contributed by atoms with E-state index in [2.05, 4.69) is 0 Å². The van der Waals surface area contributed by atoms with Crippen molar-refractivity contribution in [3.05, 3.63) is 29.8 Å². The largest absolute Gasteiger partial charge is 0.295 e. The molecule has 1 nitrogen and oxygen atoms in total. The van der Waals surface area contributed by atoms with Crippen LogP contribution in [0.2, 0.25) is 0 Å². The molecule has 0 heterocycles. The molecule has 1 aromatic carbocycles. The van der Waals surface area contributed by atoms with Crippen molar-refractivity contribution >= 4 is 17.5 Å². The van der Waals surface area contributed by atoms with Gasteiger partial charge in [0.2, 0.25) is 0 Å². The van der Waals surface area contributed by atoms with Gasteiger partial charge in [-0.25, -0.2) is 0 Å². The third-order valence-electron chi connectivity index (χ3n) is 2.44. The van der Waals surface area contributed by atoms with E-state index < -0.39 is 0 Å². The molecule has 1 aliphatic rings. The monoisotopic (exact) mass is 206 g/mol. The van der Waals surface area contributed by atoms with Crippen LogP contribution in [0.1, 0.15) is 30.1 Å². The first-order valence-corrected chi connectivity index (χ1v) is 5.98. The number of benzene rings is 1. The van der Waals surface area contributed by atoms with Gasteiger partial charge >= 0.3 is 0 Å². The van der Waals surface area contributed by atoms with Gasteiger partial charge < -0.3 is 0 Å². The lowest BCUT2D eigenvalue weighted by atomic mass is 10.2. The van der Waals surface area contributed by atoms with Gasteiger partial charge in [-0.15, -0.1) is 11.8 Å². The van der Waals surface area contributed by atoms with E-state index in [9.17, 15) is 4.79 Å². The third-order valence-corrected chi connectivity index (χ3v) is 3.69. The fourth-order valence-electron chi connectivity index (χ4n) is 1.28. The minimum Gasteiger partial charge on any atom is -0.295 e. The Morgan fingerprint density at radius 1 is 1.36 bits per heavy atom. The molecule has 0 radical (unpaired) electrons.